The lowest BCUT2D eigenvalue weighted by Crippen LogP contribution is -2.24. The van der Waals surface area contributed by atoms with Gasteiger partial charge in [-0.3, -0.25) is 0 Å². The van der Waals surface area contributed by atoms with Crippen LogP contribution in [0.25, 0.3) is 0 Å². The average molecular weight is 235 g/mol. The summed E-state index contributed by atoms with van der Waals surface area (Å²) in [4.78, 5) is 0. The van der Waals surface area contributed by atoms with Gasteiger partial charge in [0.1, 0.15) is 0 Å². The maximum Gasteiger partial charge on any atom is 0.0493 e. The minimum Gasteiger partial charge on any atom is -0.384 e. The summed E-state index contributed by atoms with van der Waals surface area (Å²) < 4.78 is 5.20. The van der Waals surface area contributed by atoms with Crippen LogP contribution in [0, 0.1) is 16.7 Å². The maximum atomic E-state index is 5.20. The van der Waals surface area contributed by atoms with Crippen molar-refractivity contribution < 1.29 is 4.74 Å². The largest absolute Gasteiger partial charge is 0.384 e. The third kappa shape index (κ3) is 1.44. The van der Waals surface area contributed by atoms with Crippen LogP contribution in [0.3, 0.4) is 0 Å². The van der Waals surface area contributed by atoms with E-state index in [1.54, 1.807) is 7.11 Å². The molecule has 1 saturated carbocycles. The minimum absolute atomic E-state index is 0.489. The van der Waals surface area contributed by atoms with E-state index in [1.165, 1.54) is 6.42 Å². The summed E-state index contributed by atoms with van der Waals surface area (Å²) in [6.07, 6.45) is 1.33. The number of rotatable bonds is 4. The standard InChI is InChI=1S/C10H19BrO/c1-8(5-12-4)10(7-11)6-9(10,2)3/h8H,5-7H2,1-4H3. The monoisotopic (exact) mass is 234 g/mol. The summed E-state index contributed by atoms with van der Waals surface area (Å²) >= 11 is 3.62. The van der Waals surface area contributed by atoms with Gasteiger partial charge in [0.15, 0.2) is 0 Å². The van der Waals surface area contributed by atoms with E-state index >= 15 is 0 Å². The molecular formula is C10H19BrO. The molecule has 0 spiro atoms. The average Bonchev–Trinajstić information content (AvgIpc) is 2.55. The summed E-state index contributed by atoms with van der Waals surface area (Å²) in [6, 6.07) is 0. The molecule has 2 unspecified atom stereocenters. The summed E-state index contributed by atoms with van der Waals surface area (Å²) in [5.41, 5.74) is 0.997. The van der Waals surface area contributed by atoms with Gasteiger partial charge in [-0.15, -0.1) is 0 Å². The van der Waals surface area contributed by atoms with Gasteiger partial charge in [0.25, 0.3) is 0 Å². The van der Waals surface area contributed by atoms with Crippen molar-refractivity contribution >= 4 is 15.9 Å². The predicted molar refractivity (Wildman–Crippen MR) is 55.7 cm³/mol. The highest BCUT2D eigenvalue weighted by molar-refractivity contribution is 9.09. The molecular weight excluding hydrogens is 216 g/mol. The fraction of sp³-hybridized carbons (Fsp3) is 1.00. The molecule has 0 aromatic heterocycles. The fourth-order valence-electron chi connectivity index (χ4n) is 2.36. The second-order valence-corrected chi connectivity index (χ2v) is 5.27. The Hall–Kier alpha value is 0.440. The third-order valence-electron chi connectivity index (χ3n) is 3.58. The van der Waals surface area contributed by atoms with Gasteiger partial charge in [0.2, 0.25) is 0 Å². The zero-order valence-electron chi connectivity index (χ0n) is 8.48. The van der Waals surface area contributed by atoms with Crippen molar-refractivity contribution in [3.63, 3.8) is 0 Å². The molecule has 0 aliphatic heterocycles. The van der Waals surface area contributed by atoms with E-state index in [0.29, 0.717) is 16.7 Å². The lowest BCUT2D eigenvalue weighted by molar-refractivity contribution is 0.116. The molecule has 0 heterocycles. The van der Waals surface area contributed by atoms with Gasteiger partial charge in [-0.2, -0.15) is 0 Å². The molecule has 1 nitrogen and oxygen atoms in total. The second kappa shape index (κ2) is 3.30. The highest BCUT2D eigenvalue weighted by atomic mass is 79.9. The predicted octanol–water partition coefficient (Wildman–Crippen LogP) is 3.08. The van der Waals surface area contributed by atoms with Crippen molar-refractivity contribution in [2.45, 2.75) is 27.2 Å². The number of ether oxygens (including phenoxy) is 1. The first kappa shape index (κ1) is 10.5. The summed E-state index contributed by atoms with van der Waals surface area (Å²) in [7, 11) is 1.79. The Bertz CT molecular complexity index is 167. The molecule has 0 saturated heterocycles. The van der Waals surface area contributed by atoms with Crippen LogP contribution in [0.2, 0.25) is 0 Å². The molecule has 0 aromatic rings. The first-order valence-electron chi connectivity index (χ1n) is 4.55. The Labute approximate surface area is 84.0 Å². The van der Waals surface area contributed by atoms with Crippen molar-refractivity contribution in [3.05, 3.63) is 0 Å². The number of hydrogen-bond donors (Lipinski definition) is 0. The number of alkyl halides is 1. The number of halogens is 1. The molecule has 2 heteroatoms. The Kier molecular flexibility index (Phi) is 2.89. The van der Waals surface area contributed by atoms with E-state index in [4.69, 9.17) is 4.74 Å². The highest BCUT2D eigenvalue weighted by Gasteiger charge is 2.62. The van der Waals surface area contributed by atoms with Gasteiger partial charge >= 0.3 is 0 Å². The third-order valence-corrected chi connectivity index (χ3v) is 4.58. The zero-order valence-corrected chi connectivity index (χ0v) is 10.1. The minimum atomic E-state index is 0.489. The van der Waals surface area contributed by atoms with Gasteiger partial charge < -0.3 is 4.74 Å². The Balaban J connectivity index is 2.59. The summed E-state index contributed by atoms with van der Waals surface area (Å²) in [5, 5.41) is 1.11. The molecule has 1 fully saturated rings. The first-order valence-corrected chi connectivity index (χ1v) is 5.67. The van der Waals surface area contributed by atoms with Gasteiger partial charge in [-0.05, 0) is 23.2 Å². The van der Waals surface area contributed by atoms with Crippen molar-refractivity contribution in [3.8, 4) is 0 Å². The van der Waals surface area contributed by atoms with E-state index in [0.717, 1.165) is 11.9 Å². The quantitative estimate of drug-likeness (QED) is 0.680. The lowest BCUT2D eigenvalue weighted by Gasteiger charge is -2.24. The maximum absolute atomic E-state index is 5.20. The molecule has 0 amide bonds. The molecule has 1 aliphatic carbocycles. The molecule has 0 aromatic carbocycles. The fourth-order valence-corrected chi connectivity index (χ4v) is 3.86. The molecule has 72 valence electrons. The smallest absolute Gasteiger partial charge is 0.0493 e. The molecule has 0 radical (unpaired) electrons. The first-order chi connectivity index (χ1) is 5.50. The Morgan fingerprint density at radius 2 is 2.00 bits per heavy atom. The summed E-state index contributed by atoms with van der Waals surface area (Å²) in [6.45, 7) is 7.87. The van der Waals surface area contributed by atoms with E-state index in [2.05, 4.69) is 36.7 Å². The van der Waals surface area contributed by atoms with Crippen LogP contribution in [-0.2, 0) is 4.74 Å². The van der Waals surface area contributed by atoms with Gasteiger partial charge in [-0.25, -0.2) is 0 Å². The molecule has 1 aliphatic rings. The zero-order chi connectivity index (χ0) is 9.41. The Morgan fingerprint density at radius 3 is 2.25 bits per heavy atom. The van der Waals surface area contributed by atoms with Gasteiger partial charge in [0, 0.05) is 19.0 Å². The van der Waals surface area contributed by atoms with Crippen LogP contribution in [0.4, 0.5) is 0 Å². The molecule has 0 N–H and O–H groups in total. The molecule has 1 rings (SSSR count). The normalized spacial score (nSPS) is 34.8. The molecule has 0 bridgehead atoms. The van der Waals surface area contributed by atoms with Crippen molar-refractivity contribution in [1.29, 1.82) is 0 Å². The van der Waals surface area contributed by atoms with E-state index in [-0.39, 0.29) is 0 Å². The second-order valence-electron chi connectivity index (χ2n) is 4.71. The van der Waals surface area contributed by atoms with Crippen LogP contribution in [0.1, 0.15) is 27.2 Å². The number of hydrogen-bond acceptors (Lipinski definition) is 1. The number of methoxy groups -OCH3 is 1. The van der Waals surface area contributed by atoms with Gasteiger partial charge in [0.05, 0.1) is 0 Å². The van der Waals surface area contributed by atoms with E-state index < -0.39 is 0 Å². The van der Waals surface area contributed by atoms with Crippen LogP contribution >= 0.6 is 15.9 Å². The summed E-state index contributed by atoms with van der Waals surface area (Å²) in [5.74, 6) is 0.664. The SMILES string of the molecule is COCC(C)C1(CBr)CC1(C)C. The Morgan fingerprint density at radius 1 is 1.50 bits per heavy atom. The van der Waals surface area contributed by atoms with Gasteiger partial charge in [-0.1, -0.05) is 36.7 Å². The van der Waals surface area contributed by atoms with Crippen molar-refractivity contribution in [2.75, 3.05) is 19.0 Å². The van der Waals surface area contributed by atoms with Crippen LogP contribution in [-0.4, -0.2) is 19.0 Å². The topological polar surface area (TPSA) is 9.23 Å². The highest BCUT2D eigenvalue weighted by Crippen LogP contribution is 2.68. The van der Waals surface area contributed by atoms with Crippen LogP contribution in [0.5, 0.6) is 0 Å². The molecule has 12 heavy (non-hydrogen) atoms. The molecule has 2 atom stereocenters. The van der Waals surface area contributed by atoms with Crippen LogP contribution in [0.15, 0.2) is 0 Å². The van der Waals surface area contributed by atoms with Crippen molar-refractivity contribution in [1.82, 2.24) is 0 Å². The lowest BCUT2D eigenvalue weighted by atomic mass is 9.86. The van der Waals surface area contributed by atoms with E-state index in [1.807, 2.05) is 0 Å². The van der Waals surface area contributed by atoms with E-state index in [9.17, 15) is 0 Å². The van der Waals surface area contributed by atoms with Crippen LogP contribution < -0.4 is 0 Å². The van der Waals surface area contributed by atoms with Crippen molar-refractivity contribution in [2.24, 2.45) is 16.7 Å².